The van der Waals surface area contributed by atoms with Crippen molar-refractivity contribution < 1.29 is 4.74 Å². The van der Waals surface area contributed by atoms with E-state index in [4.69, 9.17) is 4.74 Å². The van der Waals surface area contributed by atoms with Gasteiger partial charge in [0.05, 0.1) is 43.2 Å². The Bertz CT molecular complexity index is 1420. The number of nitrogens with zero attached hydrogens (tertiary/aromatic N) is 7. The van der Waals surface area contributed by atoms with Crippen molar-refractivity contribution in [3.63, 3.8) is 0 Å². The summed E-state index contributed by atoms with van der Waals surface area (Å²) < 4.78 is 10.3. The van der Waals surface area contributed by atoms with Gasteiger partial charge in [-0.1, -0.05) is 0 Å². The first kappa shape index (κ1) is 21.4. The van der Waals surface area contributed by atoms with E-state index in [1.807, 2.05) is 62.4 Å². The fraction of sp³-hybridized carbons (Fsp3) is 0.308. The smallest absolute Gasteiger partial charge is 0.160 e. The topological polar surface area (TPSA) is 96.8 Å². The molecule has 3 aromatic heterocycles. The van der Waals surface area contributed by atoms with Crippen LogP contribution in [0.4, 0.5) is 5.69 Å². The molecule has 0 amide bonds. The quantitative estimate of drug-likeness (QED) is 0.481. The molecule has 1 unspecified atom stereocenters. The molecule has 9 heteroatoms. The fourth-order valence-electron chi connectivity index (χ4n) is 4.92. The Labute approximate surface area is 203 Å². The summed E-state index contributed by atoms with van der Waals surface area (Å²) in [6.07, 6.45) is 11.6. The van der Waals surface area contributed by atoms with Gasteiger partial charge < -0.3 is 19.5 Å². The molecular weight excluding hydrogens is 440 g/mol. The maximum atomic E-state index is 9.28. The third kappa shape index (κ3) is 3.92. The molecule has 2 aliphatic heterocycles. The Balaban J connectivity index is 1.42. The van der Waals surface area contributed by atoms with Crippen molar-refractivity contribution in [3.05, 3.63) is 78.3 Å². The minimum Gasteiger partial charge on any atom is -0.489 e. The number of hydrogen-bond acceptors (Lipinski definition) is 7. The van der Waals surface area contributed by atoms with Gasteiger partial charge in [-0.15, -0.1) is 0 Å². The molecule has 4 aromatic rings. The van der Waals surface area contributed by atoms with Crippen LogP contribution in [-0.2, 0) is 11.8 Å². The predicted octanol–water partition coefficient (Wildman–Crippen LogP) is 3.42. The fourth-order valence-corrected chi connectivity index (χ4v) is 4.92. The van der Waals surface area contributed by atoms with Gasteiger partial charge in [-0.2, -0.15) is 10.4 Å². The molecule has 2 aliphatic rings. The van der Waals surface area contributed by atoms with E-state index in [2.05, 4.69) is 42.0 Å². The van der Waals surface area contributed by atoms with E-state index in [-0.39, 0.29) is 6.17 Å². The summed E-state index contributed by atoms with van der Waals surface area (Å²) in [7, 11) is 1.89. The predicted molar refractivity (Wildman–Crippen MR) is 132 cm³/mol. The highest BCUT2D eigenvalue weighted by molar-refractivity contribution is 5.76. The number of hydrogen-bond donors (Lipinski definition) is 1. The van der Waals surface area contributed by atoms with Crippen molar-refractivity contribution in [2.45, 2.75) is 19.0 Å². The molecule has 35 heavy (non-hydrogen) atoms. The van der Waals surface area contributed by atoms with Gasteiger partial charge in [-0.3, -0.25) is 4.68 Å². The zero-order valence-corrected chi connectivity index (χ0v) is 19.5. The van der Waals surface area contributed by atoms with Crippen molar-refractivity contribution in [1.29, 1.82) is 5.26 Å². The SMILES string of the molecule is Cn1ncc2cc(C3N(c4ccc(C#N)cc4)C=C(OC[C@@H]4CCCNC4)c4cncn43)cnc21. The summed E-state index contributed by atoms with van der Waals surface area (Å²) >= 11 is 0. The molecule has 0 bridgehead atoms. The number of piperidine rings is 1. The minimum absolute atomic E-state index is 0.221. The highest BCUT2D eigenvalue weighted by Crippen LogP contribution is 2.38. The van der Waals surface area contributed by atoms with Crippen LogP contribution in [0, 0.1) is 17.2 Å². The number of aromatic nitrogens is 5. The number of fused-ring (bicyclic) bond motifs is 2. The van der Waals surface area contributed by atoms with Gasteiger partial charge >= 0.3 is 0 Å². The molecule has 1 fully saturated rings. The average Bonchev–Trinajstić information content (AvgIpc) is 3.54. The lowest BCUT2D eigenvalue weighted by Gasteiger charge is -2.37. The largest absolute Gasteiger partial charge is 0.489 e. The summed E-state index contributed by atoms with van der Waals surface area (Å²) in [6.45, 7) is 2.71. The third-order valence-corrected chi connectivity index (χ3v) is 6.76. The molecule has 176 valence electrons. The number of benzene rings is 1. The highest BCUT2D eigenvalue weighted by Gasteiger charge is 2.31. The van der Waals surface area contributed by atoms with Crippen LogP contribution in [0.5, 0.6) is 0 Å². The van der Waals surface area contributed by atoms with Gasteiger partial charge in [0.2, 0.25) is 0 Å². The zero-order chi connectivity index (χ0) is 23.8. The number of rotatable bonds is 5. The Morgan fingerprint density at radius 1 is 1.20 bits per heavy atom. The summed E-state index contributed by atoms with van der Waals surface area (Å²) in [5.74, 6) is 1.27. The summed E-state index contributed by atoms with van der Waals surface area (Å²) in [5.41, 5.74) is 4.33. The molecule has 0 saturated carbocycles. The summed E-state index contributed by atoms with van der Waals surface area (Å²) in [5, 5.41) is 18.1. The second-order valence-electron chi connectivity index (χ2n) is 9.09. The van der Waals surface area contributed by atoms with Crippen molar-refractivity contribution in [2.75, 3.05) is 24.6 Å². The molecule has 0 radical (unpaired) electrons. The van der Waals surface area contributed by atoms with Crippen LogP contribution in [0.25, 0.3) is 16.8 Å². The first-order chi connectivity index (χ1) is 17.2. The Morgan fingerprint density at radius 3 is 2.89 bits per heavy atom. The number of anilines is 1. The standard InChI is InChI=1S/C26H26N8O/c1-32-25-20(13-31-32)9-21(12-30-25)26-33(22-6-4-18(10-27)5-7-22)15-24(23-14-29-17-34(23)26)35-16-19-3-2-8-28-11-19/h4-7,9,12-15,17,19,26,28H,2-3,8,11,16H2,1H3/t19-,26?/m1/s1. The van der Waals surface area contributed by atoms with Crippen LogP contribution < -0.4 is 10.2 Å². The van der Waals surface area contributed by atoms with E-state index in [9.17, 15) is 5.26 Å². The third-order valence-electron chi connectivity index (χ3n) is 6.76. The molecule has 0 aliphatic carbocycles. The lowest BCUT2D eigenvalue weighted by Crippen LogP contribution is -2.35. The highest BCUT2D eigenvalue weighted by atomic mass is 16.5. The van der Waals surface area contributed by atoms with Crippen LogP contribution in [0.15, 0.2) is 61.4 Å². The van der Waals surface area contributed by atoms with Gasteiger partial charge in [0.1, 0.15) is 11.9 Å². The molecular formula is C26H26N8O. The Morgan fingerprint density at radius 2 is 2.09 bits per heavy atom. The maximum absolute atomic E-state index is 9.28. The van der Waals surface area contributed by atoms with Crippen LogP contribution in [0.2, 0.25) is 0 Å². The van der Waals surface area contributed by atoms with Crippen molar-refractivity contribution >= 4 is 22.5 Å². The van der Waals surface area contributed by atoms with E-state index in [0.29, 0.717) is 18.1 Å². The molecule has 1 saturated heterocycles. The van der Waals surface area contributed by atoms with Crippen molar-refractivity contribution in [3.8, 4) is 6.07 Å². The van der Waals surface area contributed by atoms with E-state index in [1.54, 1.807) is 4.68 Å². The average molecular weight is 467 g/mol. The van der Waals surface area contributed by atoms with E-state index in [1.165, 1.54) is 6.42 Å². The summed E-state index contributed by atoms with van der Waals surface area (Å²) in [4.78, 5) is 11.3. The number of nitriles is 1. The number of ether oxygens (including phenoxy) is 1. The number of imidazole rings is 1. The van der Waals surface area contributed by atoms with Crippen LogP contribution in [0.1, 0.15) is 35.8 Å². The van der Waals surface area contributed by atoms with Crippen LogP contribution >= 0.6 is 0 Å². The molecule has 5 heterocycles. The lowest BCUT2D eigenvalue weighted by molar-refractivity contribution is 0.188. The van der Waals surface area contributed by atoms with Gasteiger partial charge in [-0.25, -0.2) is 9.97 Å². The van der Waals surface area contributed by atoms with Crippen molar-refractivity contribution in [2.24, 2.45) is 13.0 Å². The molecule has 6 rings (SSSR count). The summed E-state index contributed by atoms with van der Waals surface area (Å²) in [6, 6.07) is 11.9. The van der Waals surface area contributed by atoms with Gasteiger partial charge in [-0.05, 0) is 49.7 Å². The molecule has 2 atom stereocenters. The number of pyridine rings is 1. The second kappa shape index (κ2) is 8.89. The minimum atomic E-state index is -0.221. The van der Waals surface area contributed by atoms with E-state index < -0.39 is 0 Å². The number of nitrogens with one attached hydrogen (secondary N) is 1. The number of aryl methyl sites for hydroxylation is 1. The lowest BCUT2D eigenvalue weighted by atomic mass is 10.0. The monoisotopic (exact) mass is 466 g/mol. The Kier molecular flexibility index (Phi) is 5.43. The molecule has 1 N–H and O–H groups in total. The maximum Gasteiger partial charge on any atom is 0.160 e. The normalized spacial score (nSPS) is 19.8. The molecule has 1 aromatic carbocycles. The van der Waals surface area contributed by atoms with Gasteiger partial charge in [0.15, 0.2) is 11.4 Å². The molecule has 9 nitrogen and oxygen atoms in total. The first-order valence-electron chi connectivity index (χ1n) is 11.8. The van der Waals surface area contributed by atoms with Crippen LogP contribution in [-0.4, -0.2) is 44.0 Å². The first-order valence-corrected chi connectivity index (χ1v) is 11.8. The van der Waals surface area contributed by atoms with Gasteiger partial charge in [0, 0.05) is 42.3 Å². The Hall–Kier alpha value is -4.16. The van der Waals surface area contributed by atoms with Crippen molar-refractivity contribution in [1.82, 2.24) is 29.6 Å². The second-order valence-corrected chi connectivity index (χ2v) is 9.09. The van der Waals surface area contributed by atoms with Crippen LogP contribution in [0.3, 0.4) is 0 Å². The van der Waals surface area contributed by atoms with E-state index in [0.717, 1.165) is 53.2 Å². The van der Waals surface area contributed by atoms with E-state index >= 15 is 0 Å². The van der Waals surface area contributed by atoms with Gasteiger partial charge in [0.25, 0.3) is 0 Å². The zero-order valence-electron chi connectivity index (χ0n) is 19.5. The molecule has 0 spiro atoms.